The van der Waals surface area contributed by atoms with Crippen LogP contribution in [0.25, 0.3) is 0 Å². The minimum absolute atomic E-state index is 0.602. The molecule has 0 fully saturated rings. The fourth-order valence-corrected chi connectivity index (χ4v) is 4.91. The number of benzene rings is 1. The molecule has 0 spiro atoms. The number of unbranched alkanes of at least 4 members (excludes halogenated alkanes) is 12. The predicted octanol–water partition coefficient (Wildman–Crippen LogP) is 9.88. The van der Waals surface area contributed by atoms with Crippen LogP contribution in [0.3, 0.4) is 0 Å². The van der Waals surface area contributed by atoms with E-state index in [9.17, 15) is 5.11 Å². The standard InChI is InChI=1S/C30H54O/c1-5-9-13-17-21-26-25-30(31)29(24-20-16-12-8-4)28(23-19-15-11-7-3)27(26)22-18-14-10-6-2/h25,31H,5-24H2,1-4H3. The van der Waals surface area contributed by atoms with Gasteiger partial charge in [-0.1, -0.05) is 105 Å². The lowest BCUT2D eigenvalue weighted by molar-refractivity contribution is 0.462. The molecule has 1 heteroatoms. The van der Waals surface area contributed by atoms with Gasteiger partial charge in [-0.25, -0.2) is 0 Å². The van der Waals surface area contributed by atoms with Gasteiger partial charge in [-0.3, -0.25) is 0 Å². The zero-order chi connectivity index (χ0) is 22.7. The van der Waals surface area contributed by atoms with Gasteiger partial charge in [0.15, 0.2) is 0 Å². The molecule has 31 heavy (non-hydrogen) atoms. The minimum Gasteiger partial charge on any atom is -0.508 e. The molecule has 1 N–H and O–H groups in total. The molecule has 0 aliphatic carbocycles. The van der Waals surface area contributed by atoms with Crippen LogP contribution in [0, 0.1) is 0 Å². The first-order valence-corrected chi connectivity index (χ1v) is 14.0. The van der Waals surface area contributed by atoms with Crippen molar-refractivity contribution in [3.05, 3.63) is 28.3 Å². The smallest absolute Gasteiger partial charge is 0.119 e. The molecule has 0 unspecified atom stereocenters. The largest absolute Gasteiger partial charge is 0.508 e. The van der Waals surface area contributed by atoms with Crippen molar-refractivity contribution >= 4 is 0 Å². The van der Waals surface area contributed by atoms with E-state index < -0.39 is 0 Å². The van der Waals surface area contributed by atoms with E-state index in [4.69, 9.17) is 0 Å². The summed E-state index contributed by atoms with van der Waals surface area (Å²) in [6.45, 7) is 9.15. The van der Waals surface area contributed by atoms with Crippen LogP contribution < -0.4 is 0 Å². The maximum absolute atomic E-state index is 11.1. The van der Waals surface area contributed by atoms with Crippen molar-refractivity contribution < 1.29 is 5.11 Å². The molecule has 0 atom stereocenters. The number of phenols is 1. The Kier molecular flexibility index (Phi) is 16.8. The van der Waals surface area contributed by atoms with Gasteiger partial charge in [0.2, 0.25) is 0 Å². The van der Waals surface area contributed by atoms with Crippen LogP contribution in [0.5, 0.6) is 5.75 Å². The average molecular weight is 431 g/mol. The lowest BCUT2D eigenvalue weighted by Gasteiger charge is -2.21. The summed E-state index contributed by atoms with van der Waals surface area (Å²) < 4.78 is 0. The summed E-state index contributed by atoms with van der Waals surface area (Å²) in [6.07, 6.45) is 25.4. The van der Waals surface area contributed by atoms with Crippen LogP contribution in [-0.2, 0) is 25.7 Å². The van der Waals surface area contributed by atoms with Crippen molar-refractivity contribution in [2.45, 2.75) is 156 Å². The fourth-order valence-electron chi connectivity index (χ4n) is 4.91. The van der Waals surface area contributed by atoms with Crippen LogP contribution in [0.4, 0.5) is 0 Å². The monoisotopic (exact) mass is 430 g/mol. The number of hydrogen-bond acceptors (Lipinski definition) is 1. The third kappa shape index (κ3) is 11.4. The highest BCUT2D eigenvalue weighted by Gasteiger charge is 2.17. The van der Waals surface area contributed by atoms with E-state index in [0.717, 1.165) is 12.8 Å². The van der Waals surface area contributed by atoms with Gasteiger partial charge in [0.05, 0.1) is 0 Å². The lowest BCUT2D eigenvalue weighted by Crippen LogP contribution is -2.07. The van der Waals surface area contributed by atoms with Gasteiger partial charge in [0.1, 0.15) is 5.75 Å². The van der Waals surface area contributed by atoms with Crippen molar-refractivity contribution in [3.63, 3.8) is 0 Å². The summed E-state index contributed by atoms with van der Waals surface area (Å²) in [4.78, 5) is 0. The number of aryl methyl sites for hydroxylation is 1. The number of phenolic OH excluding ortho intramolecular Hbond substituents is 1. The van der Waals surface area contributed by atoms with Crippen molar-refractivity contribution in [3.8, 4) is 5.75 Å². The first-order valence-electron chi connectivity index (χ1n) is 14.0. The Balaban J connectivity index is 3.12. The van der Waals surface area contributed by atoms with E-state index >= 15 is 0 Å². The van der Waals surface area contributed by atoms with Crippen LogP contribution in [0.1, 0.15) is 153 Å². The topological polar surface area (TPSA) is 20.2 Å². The summed E-state index contributed by atoms with van der Waals surface area (Å²) in [7, 11) is 0. The molecule has 0 aromatic heterocycles. The Morgan fingerprint density at radius 3 is 1.29 bits per heavy atom. The van der Waals surface area contributed by atoms with E-state index in [1.807, 2.05) is 0 Å². The molecule has 0 bridgehead atoms. The number of rotatable bonds is 20. The van der Waals surface area contributed by atoms with Gasteiger partial charge in [-0.05, 0) is 79.7 Å². The van der Waals surface area contributed by atoms with Crippen molar-refractivity contribution in [2.75, 3.05) is 0 Å². The molecule has 0 aliphatic rings. The molecule has 0 aliphatic heterocycles. The quantitative estimate of drug-likeness (QED) is 0.204. The first kappa shape index (κ1) is 28.1. The van der Waals surface area contributed by atoms with Gasteiger partial charge in [0.25, 0.3) is 0 Å². The lowest BCUT2D eigenvalue weighted by atomic mass is 9.85. The fraction of sp³-hybridized carbons (Fsp3) is 0.800. The first-order chi connectivity index (χ1) is 15.2. The molecular weight excluding hydrogens is 376 g/mol. The van der Waals surface area contributed by atoms with Gasteiger partial charge in [0, 0.05) is 0 Å². The van der Waals surface area contributed by atoms with E-state index in [2.05, 4.69) is 33.8 Å². The van der Waals surface area contributed by atoms with Crippen molar-refractivity contribution in [2.24, 2.45) is 0 Å². The molecule has 0 radical (unpaired) electrons. The SMILES string of the molecule is CCCCCCc1cc(O)c(CCCCCC)c(CCCCCC)c1CCCCCC. The second-order valence-corrected chi connectivity index (χ2v) is 9.73. The normalized spacial score (nSPS) is 11.4. The Hall–Kier alpha value is -0.980. The van der Waals surface area contributed by atoms with E-state index in [1.165, 1.54) is 127 Å². The highest BCUT2D eigenvalue weighted by atomic mass is 16.3. The maximum Gasteiger partial charge on any atom is 0.119 e. The Labute approximate surface area is 195 Å². The predicted molar refractivity (Wildman–Crippen MR) is 139 cm³/mol. The molecule has 1 nitrogen and oxygen atoms in total. The molecule has 0 amide bonds. The zero-order valence-electron chi connectivity index (χ0n) is 21.7. The van der Waals surface area contributed by atoms with Gasteiger partial charge in [-0.2, -0.15) is 0 Å². The Morgan fingerprint density at radius 1 is 0.452 bits per heavy atom. The number of hydrogen-bond donors (Lipinski definition) is 1. The van der Waals surface area contributed by atoms with Crippen molar-refractivity contribution in [1.29, 1.82) is 0 Å². The molecule has 1 aromatic rings. The van der Waals surface area contributed by atoms with E-state index in [1.54, 1.807) is 11.1 Å². The highest BCUT2D eigenvalue weighted by Crippen LogP contribution is 2.33. The highest BCUT2D eigenvalue weighted by molar-refractivity contribution is 5.50. The minimum atomic E-state index is 0.602. The average Bonchev–Trinajstić information content (AvgIpc) is 2.77. The van der Waals surface area contributed by atoms with Gasteiger partial charge >= 0.3 is 0 Å². The van der Waals surface area contributed by atoms with E-state index in [-0.39, 0.29) is 0 Å². The second kappa shape index (κ2) is 18.6. The van der Waals surface area contributed by atoms with Gasteiger partial charge < -0.3 is 5.11 Å². The summed E-state index contributed by atoms with van der Waals surface area (Å²) in [5, 5.41) is 11.1. The molecule has 0 saturated heterocycles. The van der Waals surface area contributed by atoms with Crippen molar-refractivity contribution in [1.82, 2.24) is 0 Å². The summed E-state index contributed by atoms with van der Waals surface area (Å²) in [5.74, 6) is 0.602. The molecular formula is C30H54O. The third-order valence-electron chi connectivity index (χ3n) is 6.88. The van der Waals surface area contributed by atoms with Gasteiger partial charge in [-0.15, -0.1) is 0 Å². The van der Waals surface area contributed by atoms with Crippen LogP contribution >= 0.6 is 0 Å². The summed E-state index contributed by atoms with van der Waals surface area (Å²) in [5.41, 5.74) is 5.95. The van der Waals surface area contributed by atoms with Crippen LogP contribution in [0.2, 0.25) is 0 Å². The molecule has 0 heterocycles. The third-order valence-corrected chi connectivity index (χ3v) is 6.88. The molecule has 1 rings (SSSR count). The second-order valence-electron chi connectivity index (χ2n) is 9.73. The van der Waals surface area contributed by atoms with E-state index in [0.29, 0.717) is 5.75 Å². The van der Waals surface area contributed by atoms with Crippen LogP contribution in [-0.4, -0.2) is 5.11 Å². The zero-order valence-corrected chi connectivity index (χ0v) is 21.7. The summed E-state index contributed by atoms with van der Waals surface area (Å²) >= 11 is 0. The Morgan fingerprint density at radius 2 is 0.839 bits per heavy atom. The summed E-state index contributed by atoms with van der Waals surface area (Å²) in [6, 6.07) is 2.17. The van der Waals surface area contributed by atoms with Crippen LogP contribution in [0.15, 0.2) is 6.07 Å². The molecule has 0 saturated carbocycles. The molecule has 180 valence electrons. The maximum atomic E-state index is 11.1. The number of aromatic hydroxyl groups is 1. The molecule has 1 aromatic carbocycles. The Bertz CT molecular complexity index is 560.